The largest absolute Gasteiger partial charge is 0.479 e. The quantitative estimate of drug-likeness (QED) is 0.324. The first kappa shape index (κ1) is 23.4. The maximum Gasteiger partial charge on any atom is 0.367 e. The summed E-state index contributed by atoms with van der Waals surface area (Å²) in [5, 5.41) is -0.0681. The summed E-state index contributed by atoms with van der Waals surface area (Å²) in [6.07, 6.45) is 0. The number of aromatic nitrogens is 1. The van der Waals surface area contributed by atoms with Crippen LogP contribution >= 0.6 is 0 Å². The summed E-state index contributed by atoms with van der Waals surface area (Å²) in [5.74, 6) is -0.573. The van der Waals surface area contributed by atoms with Gasteiger partial charge in [0, 0.05) is 6.07 Å². The van der Waals surface area contributed by atoms with Gasteiger partial charge in [-0.25, -0.2) is 14.4 Å². The Kier molecular flexibility index (Phi) is 8.10. The smallest absolute Gasteiger partial charge is 0.367 e. The topological polar surface area (TPSA) is 127 Å². The van der Waals surface area contributed by atoms with Gasteiger partial charge in [0.05, 0.1) is 30.7 Å². The zero-order valence-corrected chi connectivity index (χ0v) is 17.3. The van der Waals surface area contributed by atoms with Crippen molar-refractivity contribution in [1.29, 1.82) is 0 Å². The lowest BCUT2D eigenvalue weighted by atomic mass is 10.2. The number of fused-ring (bicyclic) bond motifs is 1. The van der Waals surface area contributed by atoms with E-state index in [1.54, 1.807) is 20.8 Å². The summed E-state index contributed by atoms with van der Waals surface area (Å²) in [7, 11) is 0. The van der Waals surface area contributed by atoms with E-state index in [2.05, 4.69) is 0 Å². The number of ether oxygens (including phenoxy) is 4. The fraction of sp³-hybridized carbons (Fsp3) is 0.333. The molecule has 0 saturated carbocycles. The van der Waals surface area contributed by atoms with E-state index in [0.29, 0.717) is 0 Å². The Morgan fingerprint density at radius 3 is 2.26 bits per heavy atom. The molecule has 0 amide bonds. The molecule has 1 heterocycles. The Labute approximate surface area is 176 Å². The molecule has 10 nitrogen and oxygen atoms in total. The number of carbonyl (C=O) groups is 2. The molecule has 0 aliphatic rings. The zero-order chi connectivity index (χ0) is 23.0. The van der Waals surface area contributed by atoms with E-state index >= 15 is 0 Å². The Morgan fingerprint density at radius 1 is 0.935 bits per heavy atom. The van der Waals surface area contributed by atoms with Crippen molar-refractivity contribution in [1.82, 2.24) is 4.57 Å². The van der Waals surface area contributed by atoms with Crippen LogP contribution in [0.25, 0.3) is 16.6 Å². The van der Waals surface area contributed by atoms with Gasteiger partial charge in [-0.15, -0.1) is 0 Å². The Bertz CT molecular complexity index is 1160. The lowest BCUT2D eigenvalue weighted by Gasteiger charge is -2.15. The molecule has 0 fully saturated rings. The van der Waals surface area contributed by atoms with Crippen molar-refractivity contribution < 1.29 is 33.3 Å². The van der Waals surface area contributed by atoms with Gasteiger partial charge in [0.2, 0.25) is 17.0 Å². The second kappa shape index (κ2) is 10.7. The van der Waals surface area contributed by atoms with Crippen molar-refractivity contribution in [3.8, 4) is 11.6 Å². The van der Waals surface area contributed by atoms with E-state index in [4.69, 9.17) is 18.9 Å². The number of nitrogens with zero attached hydrogens (tertiary/aromatic N) is 1. The van der Waals surface area contributed by atoms with Crippen LogP contribution < -0.4 is 20.3 Å². The summed E-state index contributed by atoms with van der Waals surface area (Å²) in [6.45, 7) is 4.54. The van der Waals surface area contributed by atoms with E-state index in [1.165, 1.54) is 12.0 Å². The number of hydrogen-bond acceptors (Lipinski definition) is 9. The molecule has 0 bridgehead atoms. The van der Waals surface area contributed by atoms with Gasteiger partial charge in [-0.05, 0) is 39.0 Å². The van der Waals surface area contributed by atoms with Crippen LogP contribution in [0.4, 0.5) is 0 Å². The van der Waals surface area contributed by atoms with Crippen molar-refractivity contribution in [3.63, 3.8) is 0 Å². The van der Waals surface area contributed by atoms with Crippen LogP contribution in [0.5, 0.6) is 11.6 Å². The van der Waals surface area contributed by atoms with Crippen molar-refractivity contribution >= 4 is 34.5 Å². The maximum atomic E-state index is 12.7. The van der Waals surface area contributed by atoms with Crippen LogP contribution in [0.1, 0.15) is 20.8 Å². The highest BCUT2D eigenvalue weighted by Gasteiger charge is 2.22. The molecule has 0 aliphatic heterocycles. The molecule has 0 radical (unpaired) electrons. The molecule has 10 heteroatoms. The van der Waals surface area contributed by atoms with E-state index < -0.39 is 35.1 Å². The molecule has 0 unspecified atom stereocenters. The molecule has 0 N–H and O–H groups in total. The van der Waals surface area contributed by atoms with Crippen molar-refractivity contribution in [2.24, 2.45) is 0 Å². The third-order valence-corrected chi connectivity index (χ3v) is 3.90. The van der Waals surface area contributed by atoms with Gasteiger partial charge in [-0.3, -0.25) is 14.2 Å². The van der Waals surface area contributed by atoms with Gasteiger partial charge in [0.15, 0.2) is 23.7 Å². The highest BCUT2D eigenvalue weighted by molar-refractivity contribution is 6.20. The van der Waals surface area contributed by atoms with Crippen LogP contribution in [-0.2, 0) is 23.9 Å². The highest BCUT2D eigenvalue weighted by atomic mass is 16.6. The Balaban J connectivity index is 2.78. The molecule has 164 valence electrons. The van der Waals surface area contributed by atoms with Crippen LogP contribution in [0, 0.1) is 0 Å². The Hall–Kier alpha value is -3.91. The zero-order valence-electron chi connectivity index (χ0n) is 17.3. The number of rotatable bonds is 9. The Morgan fingerprint density at radius 2 is 1.65 bits per heavy atom. The average molecular weight is 431 g/mol. The molecular weight excluding hydrogens is 410 g/mol. The number of esters is 2. The van der Waals surface area contributed by atoms with E-state index in [9.17, 15) is 24.0 Å². The second-order valence-electron chi connectivity index (χ2n) is 5.89. The van der Waals surface area contributed by atoms with Crippen molar-refractivity contribution in [3.05, 3.63) is 44.7 Å². The predicted octanol–water partition coefficient (Wildman–Crippen LogP) is 0.938. The summed E-state index contributed by atoms with van der Waals surface area (Å²) >= 11 is 0. The first-order valence-electron chi connectivity index (χ1n) is 9.45. The lowest BCUT2D eigenvalue weighted by Crippen LogP contribution is -2.19. The fourth-order valence-corrected chi connectivity index (χ4v) is 2.68. The fourth-order valence-electron chi connectivity index (χ4n) is 2.68. The van der Waals surface area contributed by atoms with Gasteiger partial charge in [-0.2, -0.15) is 0 Å². The van der Waals surface area contributed by atoms with Gasteiger partial charge in [-0.1, -0.05) is 0 Å². The molecule has 0 saturated heterocycles. The van der Waals surface area contributed by atoms with Crippen LogP contribution in [0.3, 0.4) is 0 Å². The van der Waals surface area contributed by atoms with Crippen LogP contribution in [-0.4, -0.2) is 48.9 Å². The molecule has 0 aliphatic carbocycles. The predicted molar refractivity (Wildman–Crippen MR) is 110 cm³/mol. The van der Waals surface area contributed by atoms with E-state index in [0.717, 1.165) is 22.8 Å². The number of carbonyl (C=O) groups excluding carboxylic acids is 3. The first-order valence-corrected chi connectivity index (χ1v) is 9.45. The van der Waals surface area contributed by atoms with Gasteiger partial charge in [0.25, 0.3) is 0 Å². The second-order valence-corrected chi connectivity index (χ2v) is 5.89. The lowest BCUT2D eigenvalue weighted by molar-refractivity contribution is -0.145. The first-order chi connectivity index (χ1) is 14.9. The third kappa shape index (κ3) is 5.37. The molecule has 0 atom stereocenters. The van der Waals surface area contributed by atoms with Crippen LogP contribution in [0.15, 0.2) is 33.9 Å². The maximum absolute atomic E-state index is 12.7. The summed E-state index contributed by atoms with van der Waals surface area (Å²) < 4.78 is 21.3. The number of pyridine rings is 1. The summed E-state index contributed by atoms with van der Waals surface area (Å²) in [5.41, 5.74) is -1.77. The molecule has 0 spiro atoms. The minimum absolute atomic E-state index is 0.00352. The summed E-state index contributed by atoms with van der Waals surface area (Å²) in [4.78, 5) is 60.6. The summed E-state index contributed by atoms with van der Waals surface area (Å²) in [6, 6.07) is 4.48. The molecule has 2 aromatic rings. The average Bonchev–Trinajstić information content (AvgIpc) is 2.89. The molecule has 1 aromatic heterocycles. The van der Waals surface area contributed by atoms with Crippen molar-refractivity contribution in [2.75, 3.05) is 26.4 Å². The normalized spacial score (nSPS) is 10.2. The van der Waals surface area contributed by atoms with E-state index in [1.807, 2.05) is 0 Å². The van der Waals surface area contributed by atoms with Crippen LogP contribution in [0.2, 0.25) is 0 Å². The highest BCUT2D eigenvalue weighted by Crippen LogP contribution is 2.24. The van der Waals surface area contributed by atoms with Gasteiger partial charge < -0.3 is 18.9 Å². The third-order valence-electron chi connectivity index (χ3n) is 3.90. The molecular formula is C21H21NO9. The monoisotopic (exact) mass is 431 g/mol. The van der Waals surface area contributed by atoms with E-state index in [-0.39, 0.29) is 42.4 Å². The van der Waals surface area contributed by atoms with Gasteiger partial charge >= 0.3 is 11.9 Å². The molecule has 2 rings (SSSR count). The minimum Gasteiger partial charge on any atom is -0.479 e. The molecule has 31 heavy (non-hydrogen) atoms. The molecule has 1 aromatic carbocycles. The number of hydrogen-bond donors (Lipinski definition) is 0. The SMILES string of the molecule is CCOC(=O)COc1cc2c(=O)cc(OCC)n(C(=C=O)C(=O)OCC)c2ccc1=O. The van der Waals surface area contributed by atoms with Gasteiger partial charge in [0.1, 0.15) is 0 Å². The minimum atomic E-state index is -0.990. The standard InChI is InChI=1S/C21H21NO9/c1-4-28-19-10-17(25)13-9-18(31-12-20(26)29-5-2)16(24)8-7-14(13)22(19)15(11-23)21(27)30-6-3/h7-10H,4-6,12H2,1-3H3. The van der Waals surface area contributed by atoms with Crippen molar-refractivity contribution in [2.45, 2.75) is 20.8 Å².